The zero-order valence-electron chi connectivity index (χ0n) is 6.53. The van der Waals surface area contributed by atoms with E-state index in [0.29, 0.717) is 6.61 Å². The topological polar surface area (TPSA) is 33.1 Å². The second-order valence-corrected chi connectivity index (χ2v) is 2.54. The molecule has 0 atom stereocenters. The molecule has 0 radical (unpaired) electrons. The second-order valence-electron chi connectivity index (χ2n) is 2.54. The van der Waals surface area contributed by atoms with E-state index in [0.717, 1.165) is 19.3 Å². The van der Waals surface area contributed by atoms with Crippen molar-refractivity contribution in [2.45, 2.75) is 19.3 Å². The van der Waals surface area contributed by atoms with Crippen LogP contribution in [0.15, 0.2) is 24.5 Å². The number of rotatable bonds is 4. The number of aliphatic hydroxyl groups excluding tert-OH is 1. The molecule has 0 aliphatic rings. The van der Waals surface area contributed by atoms with E-state index >= 15 is 0 Å². The van der Waals surface area contributed by atoms with Gasteiger partial charge in [-0.2, -0.15) is 0 Å². The van der Waals surface area contributed by atoms with E-state index in [4.69, 9.17) is 5.11 Å². The Morgan fingerprint density at radius 1 is 1.36 bits per heavy atom. The van der Waals surface area contributed by atoms with Gasteiger partial charge < -0.3 is 5.11 Å². The van der Waals surface area contributed by atoms with Gasteiger partial charge in [0.05, 0.1) is 0 Å². The molecule has 0 unspecified atom stereocenters. The SMILES string of the molecule is OCCCCc1cccnc1. The van der Waals surface area contributed by atoms with Crippen molar-refractivity contribution in [2.75, 3.05) is 6.61 Å². The molecule has 1 heterocycles. The molecule has 60 valence electrons. The molecular formula is C9H13NO. The van der Waals surface area contributed by atoms with Crippen LogP contribution in [0.5, 0.6) is 0 Å². The van der Waals surface area contributed by atoms with Crippen molar-refractivity contribution in [1.82, 2.24) is 4.98 Å². The van der Waals surface area contributed by atoms with E-state index in [-0.39, 0.29) is 0 Å². The van der Waals surface area contributed by atoms with Crippen molar-refractivity contribution in [1.29, 1.82) is 0 Å². The summed E-state index contributed by atoms with van der Waals surface area (Å²) < 4.78 is 0. The summed E-state index contributed by atoms with van der Waals surface area (Å²) in [5, 5.41) is 8.53. The molecule has 0 saturated carbocycles. The minimum absolute atomic E-state index is 0.292. The zero-order valence-corrected chi connectivity index (χ0v) is 6.53. The van der Waals surface area contributed by atoms with Crippen LogP contribution in [0.2, 0.25) is 0 Å². The van der Waals surface area contributed by atoms with Crippen molar-refractivity contribution in [3.63, 3.8) is 0 Å². The summed E-state index contributed by atoms with van der Waals surface area (Å²) in [6, 6.07) is 4.00. The molecule has 0 amide bonds. The Bertz CT molecular complexity index is 186. The first-order valence-electron chi connectivity index (χ1n) is 3.93. The van der Waals surface area contributed by atoms with E-state index in [2.05, 4.69) is 11.1 Å². The number of aromatic nitrogens is 1. The van der Waals surface area contributed by atoms with Gasteiger partial charge in [-0.05, 0) is 30.9 Å². The van der Waals surface area contributed by atoms with Gasteiger partial charge in [-0.1, -0.05) is 6.07 Å². The van der Waals surface area contributed by atoms with Crippen molar-refractivity contribution >= 4 is 0 Å². The molecule has 1 rings (SSSR count). The number of hydrogen-bond acceptors (Lipinski definition) is 2. The van der Waals surface area contributed by atoms with E-state index in [1.165, 1.54) is 5.56 Å². The quantitative estimate of drug-likeness (QED) is 0.660. The Balaban J connectivity index is 2.28. The number of nitrogens with zero attached hydrogens (tertiary/aromatic N) is 1. The lowest BCUT2D eigenvalue weighted by Gasteiger charge is -1.97. The Morgan fingerprint density at radius 2 is 2.27 bits per heavy atom. The number of aryl methyl sites for hydroxylation is 1. The highest BCUT2D eigenvalue weighted by Gasteiger charge is 1.90. The third-order valence-electron chi connectivity index (χ3n) is 1.60. The minimum atomic E-state index is 0.292. The van der Waals surface area contributed by atoms with Crippen molar-refractivity contribution in [3.05, 3.63) is 30.1 Å². The smallest absolute Gasteiger partial charge is 0.0431 e. The van der Waals surface area contributed by atoms with E-state index in [1.54, 1.807) is 6.20 Å². The highest BCUT2D eigenvalue weighted by molar-refractivity contribution is 5.08. The van der Waals surface area contributed by atoms with Crippen molar-refractivity contribution in [2.24, 2.45) is 0 Å². The van der Waals surface area contributed by atoms with Gasteiger partial charge in [-0.3, -0.25) is 4.98 Å². The fraction of sp³-hybridized carbons (Fsp3) is 0.444. The van der Waals surface area contributed by atoms with Crippen molar-refractivity contribution in [3.8, 4) is 0 Å². The molecule has 0 aromatic carbocycles. The van der Waals surface area contributed by atoms with E-state index in [9.17, 15) is 0 Å². The minimum Gasteiger partial charge on any atom is -0.396 e. The molecule has 1 N–H and O–H groups in total. The summed E-state index contributed by atoms with van der Waals surface area (Å²) in [5.74, 6) is 0. The molecule has 0 spiro atoms. The standard InChI is InChI=1S/C9H13NO/c11-7-2-1-4-9-5-3-6-10-8-9/h3,5-6,8,11H,1-2,4,7H2. The molecular weight excluding hydrogens is 138 g/mol. The van der Waals surface area contributed by atoms with Gasteiger partial charge in [0.15, 0.2) is 0 Å². The maximum absolute atomic E-state index is 8.53. The summed E-state index contributed by atoms with van der Waals surface area (Å²) in [7, 11) is 0. The third-order valence-corrected chi connectivity index (χ3v) is 1.60. The fourth-order valence-corrected chi connectivity index (χ4v) is 0.987. The van der Waals surface area contributed by atoms with Gasteiger partial charge in [-0.15, -0.1) is 0 Å². The summed E-state index contributed by atoms with van der Waals surface area (Å²) in [5.41, 5.74) is 1.25. The van der Waals surface area contributed by atoms with Gasteiger partial charge in [0.1, 0.15) is 0 Å². The highest BCUT2D eigenvalue weighted by Crippen LogP contribution is 2.01. The maximum Gasteiger partial charge on any atom is 0.0431 e. The summed E-state index contributed by atoms with van der Waals surface area (Å²) in [4.78, 5) is 4.00. The first-order chi connectivity index (χ1) is 5.43. The fourth-order valence-electron chi connectivity index (χ4n) is 0.987. The molecule has 11 heavy (non-hydrogen) atoms. The van der Waals surface area contributed by atoms with Gasteiger partial charge in [0.2, 0.25) is 0 Å². The molecule has 2 nitrogen and oxygen atoms in total. The Kier molecular flexibility index (Phi) is 3.62. The van der Waals surface area contributed by atoms with Crippen LogP contribution in [0.4, 0.5) is 0 Å². The summed E-state index contributed by atoms with van der Waals surface area (Å²) in [6.07, 6.45) is 6.60. The number of pyridine rings is 1. The largest absolute Gasteiger partial charge is 0.396 e. The highest BCUT2D eigenvalue weighted by atomic mass is 16.2. The zero-order chi connectivity index (χ0) is 7.94. The molecule has 0 aliphatic heterocycles. The predicted molar refractivity (Wildman–Crippen MR) is 44.3 cm³/mol. The molecule has 0 saturated heterocycles. The predicted octanol–water partition coefficient (Wildman–Crippen LogP) is 1.40. The summed E-state index contributed by atoms with van der Waals surface area (Å²) >= 11 is 0. The first kappa shape index (κ1) is 8.21. The third kappa shape index (κ3) is 3.14. The second kappa shape index (κ2) is 4.85. The average Bonchev–Trinajstić information content (AvgIpc) is 2.07. The average molecular weight is 151 g/mol. The van der Waals surface area contributed by atoms with Crippen LogP contribution < -0.4 is 0 Å². The molecule has 0 fully saturated rings. The summed E-state index contributed by atoms with van der Waals surface area (Å²) in [6.45, 7) is 0.292. The van der Waals surface area contributed by atoms with Gasteiger partial charge in [0.25, 0.3) is 0 Å². The molecule has 1 aromatic rings. The molecule has 0 bridgehead atoms. The van der Waals surface area contributed by atoms with Gasteiger partial charge >= 0.3 is 0 Å². The molecule has 1 aromatic heterocycles. The lowest BCUT2D eigenvalue weighted by atomic mass is 10.1. The Hall–Kier alpha value is -0.890. The molecule has 0 aliphatic carbocycles. The Labute approximate surface area is 66.9 Å². The van der Waals surface area contributed by atoms with Crippen LogP contribution in [0.3, 0.4) is 0 Å². The Morgan fingerprint density at radius 3 is 2.91 bits per heavy atom. The first-order valence-corrected chi connectivity index (χ1v) is 3.93. The van der Waals surface area contributed by atoms with Gasteiger partial charge in [0, 0.05) is 19.0 Å². The monoisotopic (exact) mass is 151 g/mol. The van der Waals surface area contributed by atoms with Crippen LogP contribution in [0, 0.1) is 0 Å². The van der Waals surface area contributed by atoms with Crippen LogP contribution >= 0.6 is 0 Å². The van der Waals surface area contributed by atoms with Gasteiger partial charge in [-0.25, -0.2) is 0 Å². The van der Waals surface area contributed by atoms with Crippen molar-refractivity contribution < 1.29 is 5.11 Å². The normalized spacial score (nSPS) is 9.91. The van der Waals surface area contributed by atoms with E-state index < -0.39 is 0 Å². The lowest BCUT2D eigenvalue weighted by Crippen LogP contribution is -1.88. The van der Waals surface area contributed by atoms with Crippen LogP contribution in [0.1, 0.15) is 18.4 Å². The van der Waals surface area contributed by atoms with E-state index in [1.807, 2.05) is 12.3 Å². The lowest BCUT2D eigenvalue weighted by molar-refractivity contribution is 0.284. The van der Waals surface area contributed by atoms with Crippen LogP contribution in [0.25, 0.3) is 0 Å². The number of aliphatic hydroxyl groups is 1. The van der Waals surface area contributed by atoms with Crippen LogP contribution in [-0.2, 0) is 6.42 Å². The molecule has 2 heteroatoms. The van der Waals surface area contributed by atoms with Crippen LogP contribution in [-0.4, -0.2) is 16.7 Å². The maximum atomic E-state index is 8.53. The number of hydrogen-bond donors (Lipinski definition) is 1. The number of unbranched alkanes of at least 4 members (excludes halogenated alkanes) is 1.